The number of alkyl halides is 2. The fourth-order valence-electron chi connectivity index (χ4n) is 2.92. The van der Waals surface area contributed by atoms with Crippen LogP contribution in [0.4, 0.5) is 0 Å². The van der Waals surface area contributed by atoms with Crippen molar-refractivity contribution in [2.24, 2.45) is 5.92 Å². The third-order valence-corrected chi connectivity index (χ3v) is 5.00. The lowest BCUT2D eigenvalue weighted by Crippen LogP contribution is -2.37. The number of hydrogen-bond donors (Lipinski definition) is 2. The van der Waals surface area contributed by atoms with E-state index >= 15 is 0 Å². The van der Waals surface area contributed by atoms with Gasteiger partial charge in [-0.25, -0.2) is 0 Å². The predicted molar refractivity (Wildman–Crippen MR) is 79.6 cm³/mol. The molecule has 0 saturated heterocycles. The Morgan fingerprint density at radius 1 is 0.833 bits per heavy atom. The Bertz CT molecular complexity index is 178. The second-order valence-electron chi connectivity index (χ2n) is 5.48. The van der Waals surface area contributed by atoms with E-state index in [9.17, 15) is 0 Å². The summed E-state index contributed by atoms with van der Waals surface area (Å²) in [5, 5.41) is 11.6. The van der Waals surface area contributed by atoms with Crippen LogP contribution in [0.5, 0.6) is 0 Å². The first-order valence-electron chi connectivity index (χ1n) is 7.20. The van der Waals surface area contributed by atoms with Gasteiger partial charge in [0.25, 0.3) is 0 Å². The van der Waals surface area contributed by atoms with E-state index in [1.807, 2.05) is 0 Å². The number of halogens is 2. The maximum Gasteiger partial charge on any atom is 0.0337 e. The van der Waals surface area contributed by atoms with Gasteiger partial charge in [0.05, 0.1) is 0 Å². The van der Waals surface area contributed by atoms with Crippen LogP contribution in [-0.4, -0.2) is 35.6 Å². The van der Waals surface area contributed by atoms with Crippen LogP contribution in [0.2, 0.25) is 0 Å². The van der Waals surface area contributed by atoms with Crippen LogP contribution in [0.25, 0.3) is 0 Å². The Morgan fingerprint density at radius 3 is 1.78 bits per heavy atom. The second kappa shape index (κ2) is 9.41. The standard InChI is InChI=1S/C13H23Cl2N.CH4O/c14-11-3-1-10(2-4-11)9-16-13-7-5-12(15)6-8-13;1-2/h10-13,16H,1-9H2;2H,1H3. The highest BCUT2D eigenvalue weighted by atomic mass is 35.5. The highest BCUT2D eigenvalue weighted by Gasteiger charge is 2.22. The molecule has 18 heavy (non-hydrogen) atoms. The van der Waals surface area contributed by atoms with Crippen LogP contribution >= 0.6 is 23.2 Å². The quantitative estimate of drug-likeness (QED) is 0.781. The maximum atomic E-state index is 7.00. The molecule has 2 aliphatic carbocycles. The summed E-state index contributed by atoms with van der Waals surface area (Å²) >= 11 is 12.2. The van der Waals surface area contributed by atoms with Gasteiger partial charge in [-0.15, -0.1) is 23.2 Å². The molecule has 0 spiro atoms. The number of nitrogens with one attached hydrogen (secondary N) is 1. The van der Waals surface area contributed by atoms with Crippen molar-refractivity contribution < 1.29 is 5.11 Å². The average Bonchev–Trinajstić information content (AvgIpc) is 2.42. The molecule has 0 aromatic rings. The molecular weight excluding hydrogens is 269 g/mol. The van der Waals surface area contributed by atoms with Gasteiger partial charge in [-0.1, -0.05) is 0 Å². The fourth-order valence-corrected chi connectivity index (χ4v) is 3.42. The van der Waals surface area contributed by atoms with E-state index in [0.29, 0.717) is 10.8 Å². The molecule has 2 N–H and O–H groups in total. The topological polar surface area (TPSA) is 32.3 Å². The largest absolute Gasteiger partial charge is 0.400 e. The normalized spacial score (nSPS) is 36.7. The molecule has 0 aromatic carbocycles. The van der Waals surface area contributed by atoms with Gasteiger partial charge >= 0.3 is 0 Å². The third kappa shape index (κ3) is 6.10. The van der Waals surface area contributed by atoms with Gasteiger partial charge in [0.2, 0.25) is 0 Å². The van der Waals surface area contributed by atoms with E-state index in [2.05, 4.69) is 5.32 Å². The van der Waals surface area contributed by atoms with Crippen LogP contribution < -0.4 is 5.32 Å². The Labute approximate surface area is 121 Å². The molecule has 2 nitrogen and oxygen atoms in total. The molecule has 0 amide bonds. The van der Waals surface area contributed by atoms with Gasteiger partial charge < -0.3 is 10.4 Å². The number of aliphatic hydroxyl groups is 1. The molecule has 0 bridgehead atoms. The predicted octanol–water partition coefficient (Wildman–Crippen LogP) is 3.53. The van der Waals surface area contributed by atoms with Crippen molar-refractivity contribution in [2.75, 3.05) is 13.7 Å². The number of rotatable bonds is 3. The van der Waals surface area contributed by atoms with Gasteiger partial charge in [-0.05, 0) is 63.8 Å². The summed E-state index contributed by atoms with van der Waals surface area (Å²) in [6.45, 7) is 1.20. The number of aliphatic hydroxyl groups excluding tert-OH is 1. The summed E-state index contributed by atoms with van der Waals surface area (Å²) in [4.78, 5) is 0. The van der Waals surface area contributed by atoms with Crippen molar-refractivity contribution in [3.8, 4) is 0 Å². The highest BCUT2D eigenvalue weighted by molar-refractivity contribution is 6.20. The minimum absolute atomic E-state index is 0.435. The van der Waals surface area contributed by atoms with E-state index in [1.54, 1.807) is 0 Å². The maximum absolute atomic E-state index is 7.00. The molecule has 0 atom stereocenters. The van der Waals surface area contributed by atoms with E-state index < -0.39 is 0 Å². The highest BCUT2D eigenvalue weighted by Crippen LogP contribution is 2.28. The van der Waals surface area contributed by atoms with E-state index in [-0.39, 0.29) is 0 Å². The van der Waals surface area contributed by atoms with Gasteiger partial charge in [-0.3, -0.25) is 0 Å². The molecule has 2 aliphatic rings. The fraction of sp³-hybridized carbons (Fsp3) is 1.00. The van der Waals surface area contributed by atoms with Crippen LogP contribution in [0.15, 0.2) is 0 Å². The summed E-state index contributed by atoms with van der Waals surface area (Å²) in [6.07, 6.45) is 9.95. The van der Waals surface area contributed by atoms with E-state index in [1.165, 1.54) is 57.9 Å². The Hall–Kier alpha value is 0.500. The lowest BCUT2D eigenvalue weighted by molar-refractivity contribution is 0.303. The zero-order valence-electron chi connectivity index (χ0n) is 11.4. The molecule has 2 fully saturated rings. The molecule has 0 aromatic heterocycles. The van der Waals surface area contributed by atoms with Gasteiger partial charge in [0.15, 0.2) is 0 Å². The third-order valence-electron chi connectivity index (χ3n) is 4.13. The molecule has 0 radical (unpaired) electrons. The Kier molecular flexibility index (Phi) is 8.66. The minimum atomic E-state index is 0.435. The summed E-state index contributed by atoms with van der Waals surface area (Å²) in [5.41, 5.74) is 0. The van der Waals surface area contributed by atoms with Crippen molar-refractivity contribution in [1.82, 2.24) is 5.32 Å². The summed E-state index contributed by atoms with van der Waals surface area (Å²) < 4.78 is 0. The van der Waals surface area contributed by atoms with Crippen LogP contribution in [-0.2, 0) is 0 Å². The molecule has 4 heteroatoms. The summed E-state index contributed by atoms with van der Waals surface area (Å²) in [6, 6.07) is 0.726. The molecule has 108 valence electrons. The van der Waals surface area contributed by atoms with Crippen molar-refractivity contribution in [1.29, 1.82) is 0 Å². The number of hydrogen-bond acceptors (Lipinski definition) is 2. The van der Waals surface area contributed by atoms with Crippen molar-refractivity contribution in [3.63, 3.8) is 0 Å². The van der Waals surface area contributed by atoms with Crippen LogP contribution in [0, 0.1) is 5.92 Å². The first kappa shape index (κ1) is 16.6. The molecular formula is C14H27Cl2NO. The first-order chi connectivity index (χ1) is 8.74. The lowest BCUT2D eigenvalue weighted by Gasteiger charge is -2.30. The molecule has 0 unspecified atom stereocenters. The molecule has 2 saturated carbocycles. The monoisotopic (exact) mass is 295 g/mol. The van der Waals surface area contributed by atoms with Crippen molar-refractivity contribution >= 4 is 23.2 Å². The molecule has 0 aliphatic heterocycles. The molecule has 0 heterocycles. The lowest BCUT2D eigenvalue weighted by atomic mass is 9.88. The van der Waals surface area contributed by atoms with E-state index in [0.717, 1.165) is 19.1 Å². The van der Waals surface area contributed by atoms with Crippen molar-refractivity contribution in [3.05, 3.63) is 0 Å². The summed E-state index contributed by atoms with van der Waals surface area (Å²) in [5.74, 6) is 0.865. The van der Waals surface area contributed by atoms with Crippen LogP contribution in [0.1, 0.15) is 51.4 Å². The van der Waals surface area contributed by atoms with E-state index in [4.69, 9.17) is 28.3 Å². The smallest absolute Gasteiger partial charge is 0.0337 e. The Balaban J connectivity index is 0.000000771. The zero-order chi connectivity index (χ0) is 13.4. The minimum Gasteiger partial charge on any atom is -0.400 e. The first-order valence-corrected chi connectivity index (χ1v) is 8.07. The van der Waals surface area contributed by atoms with Crippen LogP contribution in [0.3, 0.4) is 0 Å². The van der Waals surface area contributed by atoms with Gasteiger partial charge in [0, 0.05) is 23.9 Å². The van der Waals surface area contributed by atoms with Crippen molar-refractivity contribution in [2.45, 2.75) is 68.2 Å². The van der Waals surface area contributed by atoms with Gasteiger partial charge in [0.1, 0.15) is 0 Å². The second-order valence-corrected chi connectivity index (χ2v) is 6.71. The Morgan fingerprint density at radius 2 is 1.28 bits per heavy atom. The van der Waals surface area contributed by atoms with Gasteiger partial charge in [-0.2, -0.15) is 0 Å². The zero-order valence-corrected chi connectivity index (χ0v) is 12.9. The molecule has 2 rings (SSSR count). The average molecular weight is 296 g/mol. The SMILES string of the molecule is CO.ClC1CCC(CNC2CCC(Cl)CC2)CC1. The summed E-state index contributed by atoms with van der Waals surface area (Å²) in [7, 11) is 1.00.